The number of rotatable bonds is 10. The summed E-state index contributed by atoms with van der Waals surface area (Å²) < 4.78 is 19.6. The number of carbonyl (C=O) groups is 1. The van der Waals surface area contributed by atoms with Gasteiger partial charge in [-0.15, -0.1) is 0 Å². The summed E-state index contributed by atoms with van der Waals surface area (Å²) in [5, 5.41) is 16.7. The van der Waals surface area contributed by atoms with Crippen LogP contribution in [0.5, 0.6) is 0 Å². The van der Waals surface area contributed by atoms with E-state index in [0.717, 1.165) is 38.4 Å². The molecule has 0 radical (unpaired) electrons. The molecule has 1 amide bonds. The molecule has 0 bridgehead atoms. The van der Waals surface area contributed by atoms with Gasteiger partial charge < -0.3 is 26.1 Å². The summed E-state index contributed by atoms with van der Waals surface area (Å²) in [6, 6.07) is 4.35. The Morgan fingerprint density at radius 2 is 2.04 bits per heavy atom. The van der Waals surface area contributed by atoms with E-state index in [2.05, 4.69) is 16.0 Å². The standard InChI is InChI=1S/C20H29FN4O2/c1-3-23-8-9-24-18(13-22)19(27-17-6-4-5-7-17)20(26)25-16-11-14(2)10-15(21)12-16/h10-13,17,22-24H,3-9H2,1-2H3,(H,25,26)/b19-18-,22-13?. The molecule has 0 spiro atoms. The third-order valence-corrected chi connectivity index (χ3v) is 4.35. The minimum absolute atomic E-state index is 0.0366. The van der Waals surface area contributed by atoms with Crippen LogP contribution in [0, 0.1) is 18.2 Å². The van der Waals surface area contributed by atoms with Gasteiger partial charge in [0.05, 0.1) is 6.10 Å². The summed E-state index contributed by atoms with van der Waals surface area (Å²) in [7, 11) is 0. The fourth-order valence-corrected chi connectivity index (χ4v) is 3.07. The minimum Gasteiger partial charge on any atom is -0.483 e. The second-order valence-corrected chi connectivity index (χ2v) is 6.66. The predicted octanol–water partition coefficient (Wildman–Crippen LogP) is 3.09. The fraction of sp³-hybridized carbons (Fsp3) is 0.500. The molecule has 2 rings (SSSR count). The van der Waals surface area contributed by atoms with Crippen molar-refractivity contribution in [2.75, 3.05) is 25.0 Å². The van der Waals surface area contributed by atoms with Crippen molar-refractivity contribution in [3.05, 3.63) is 41.0 Å². The number of aryl methyl sites for hydroxylation is 1. The molecule has 1 saturated carbocycles. The van der Waals surface area contributed by atoms with Gasteiger partial charge in [0.15, 0.2) is 0 Å². The van der Waals surface area contributed by atoms with Crippen LogP contribution in [0.1, 0.15) is 38.2 Å². The van der Waals surface area contributed by atoms with Gasteiger partial charge in [-0.1, -0.05) is 6.92 Å². The van der Waals surface area contributed by atoms with Gasteiger partial charge in [0.25, 0.3) is 5.91 Å². The molecule has 0 heterocycles. The van der Waals surface area contributed by atoms with Crippen molar-refractivity contribution in [2.45, 2.75) is 45.6 Å². The van der Waals surface area contributed by atoms with Crippen LogP contribution in [0.25, 0.3) is 0 Å². The lowest BCUT2D eigenvalue weighted by Crippen LogP contribution is -2.31. The van der Waals surface area contributed by atoms with E-state index < -0.39 is 11.7 Å². The average molecular weight is 376 g/mol. The molecule has 0 atom stereocenters. The first-order valence-corrected chi connectivity index (χ1v) is 9.48. The van der Waals surface area contributed by atoms with E-state index in [1.165, 1.54) is 12.1 Å². The fourth-order valence-electron chi connectivity index (χ4n) is 3.07. The molecule has 27 heavy (non-hydrogen) atoms. The number of hydrogen-bond acceptors (Lipinski definition) is 5. The Hall–Kier alpha value is -2.41. The Balaban J connectivity index is 2.18. The average Bonchev–Trinajstić information content (AvgIpc) is 3.12. The number of likely N-dealkylation sites (N-methyl/N-ethyl adjacent to an activating group) is 1. The van der Waals surface area contributed by atoms with Crippen molar-refractivity contribution < 1.29 is 13.9 Å². The molecule has 0 unspecified atom stereocenters. The minimum atomic E-state index is -0.485. The Kier molecular flexibility index (Phi) is 8.26. The van der Waals surface area contributed by atoms with Crippen molar-refractivity contribution in [1.29, 1.82) is 5.41 Å². The van der Waals surface area contributed by atoms with E-state index in [1.54, 1.807) is 13.0 Å². The van der Waals surface area contributed by atoms with Gasteiger partial charge in [-0.05, 0) is 62.9 Å². The number of nitrogens with one attached hydrogen (secondary N) is 4. The van der Waals surface area contributed by atoms with Crippen LogP contribution in [0.2, 0.25) is 0 Å². The molecule has 1 fully saturated rings. The summed E-state index contributed by atoms with van der Waals surface area (Å²) in [6.45, 7) is 5.88. The molecule has 1 aliphatic rings. The zero-order valence-corrected chi connectivity index (χ0v) is 16.0. The topological polar surface area (TPSA) is 86.2 Å². The Labute approximate surface area is 160 Å². The molecule has 1 aromatic carbocycles. The van der Waals surface area contributed by atoms with Crippen LogP contribution in [-0.4, -0.2) is 37.9 Å². The molecule has 4 N–H and O–H groups in total. The number of carbonyl (C=O) groups excluding carboxylic acids is 1. The first-order chi connectivity index (χ1) is 13.0. The van der Waals surface area contributed by atoms with E-state index in [4.69, 9.17) is 10.1 Å². The predicted molar refractivity (Wildman–Crippen MR) is 105 cm³/mol. The number of hydrogen-bond donors (Lipinski definition) is 4. The third-order valence-electron chi connectivity index (χ3n) is 4.35. The van der Waals surface area contributed by atoms with Crippen molar-refractivity contribution >= 4 is 17.8 Å². The highest BCUT2D eigenvalue weighted by Crippen LogP contribution is 2.25. The van der Waals surface area contributed by atoms with Crippen LogP contribution in [0.15, 0.2) is 29.7 Å². The second-order valence-electron chi connectivity index (χ2n) is 6.66. The highest BCUT2D eigenvalue weighted by atomic mass is 19.1. The molecular formula is C20H29FN4O2. The maximum atomic E-state index is 13.6. The first-order valence-electron chi connectivity index (χ1n) is 9.48. The quantitative estimate of drug-likeness (QED) is 0.219. The van der Waals surface area contributed by atoms with Crippen LogP contribution in [0.4, 0.5) is 10.1 Å². The monoisotopic (exact) mass is 376 g/mol. The van der Waals surface area contributed by atoms with Gasteiger partial charge >= 0.3 is 0 Å². The van der Waals surface area contributed by atoms with E-state index in [1.807, 2.05) is 6.92 Å². The third kappa shape index (κ3) is 6.67. The van der Waals surface area contributed by atoms with E-state index >= 15 is 0 Å². The first kappa shape index (κ1) is 20.9. The summed E-state index contributed by atoms with van der Waals surface area (Å²) in [5.74, 6) is -0.819. The number of amides is 1. The van der Waals surface area contributed by atoms with Crippen molar-refractivity contribution in [2.24, 2.45) is 0 Å². The highest BCUT2D eigenvalue weighted by molar-refractivity contribution is 6.05. The largest absolute Gasteiger partial charge is 0.483 e. The maximum absolute atomic E-state index is 13.6. The molecule has 0 aromatic heterocycles. The molecular weight excluding hydrogens is 347 g/mol. The molecule has 7 heteroatoms. The number of benzene rings is 1. The van der Waals surface area contributed by atoms with Gasteiger partial charge in [0.1, 0.15) is 11.5 Å². The van der Waals surface area contributed by atoms with E-state index in [0.29, 0.717) is 30.0 Å². The molecule has 6 nitrogen and oxygen atoms in total. The van der Waals surface area contributed by atoms with Crippen molar-refractivity contribution in [3.63, 3.8) is 0 Å². The van der Waals surface area contributed by atoms with Crippen LogP contribution in [-0.2, 0) is 9.53 Å². The summed E-state index contributed by atoms with van der Waals surface area (Å²) in [6.07, 6.45) is 4.96. The number of anilines is 1. The Morgan fingerprint density at radius 1 is 1.30 bits per heavy atom. The highest BCUT2D eigenvalue weighted by Gasteiger charge is 2.24. The lowest BCUT2D eigenvalue weighted by molar-refractivity contribution is -0.117. The maximum Gasteiger partial charge on any atom is 0.293 e. The molecule has 148 valence electrons. The number of halogens is 1. The zero-order chi connectivity index (χ0) is 19.6. The molecule has 0 saturated heterocycles. The van der Waals surface area contributed by atoms with Gasteiger partial charge in [0.2, 0.25) is 5.76 Å². The lowest BCUT2D eigenvalue weighted by Gasteiger charge is -2.19. The van der Waals surface area contributed by atoms with Crippen molar-refractivity contribution in [3.8, 4) is 0 Å². The molecule has 1 aromatic rings. The van der Waals surface area contributed by atoms with Crippen molar-refractivity contribution in [1.82, 2.24) is 10.6 Å². The Bertz CT molecular complexity index is 664. The van der Waals surface area contributed by atoms with Gasteiger partial charge in [-0.3, -0.25) is 4.79 Å². The van der Waals surface area contributed by atoms with Crippen LogP contribution < -0.4 is 16.0 Å². The summed E-state index contributed by atoms with van der Waals surface area (Å²) in [4.78, 5) is 12.8. The number of allylic oxidation sites excluding steroid dienone is 1. The smallest absolute Gasteiger partial charge is 0.293 e. The summed E-state index contributed by atoms with van der Waals surface area (Å²) in [5.41, 5.74) is 1.40. The van der Waals surface area contributed by atoms with Gasteiger partial charge in [-0.25, -0.2) is 4.39 Å². The normalized spacial score (nSPS) is 15.2. The van der Waals surface area contributed by atoms with Crippen LogP contribution >= 0.6 is 0 Å². The number of ether oxygens (including phenoxy) is 1. The zero-order valence-electron chi connectivity index (χ0n) is 16.0. The second kappa shape index (κ2) is 10.7. The Morgan fingerprint density at radius 3 is 2.67 bits per heavy atom. The van der Waals surface area contributed by atoms with Gasteiger partial charge in [0, 0.05) is 25.0 Å². The van der Waals surface area contributed by atoms with Gasteiger partial charge in [-0.2, -0.15) is 0 Å². The SMILES string of the molecule is CCNCCN/C(C=N)=C(\OC1CCCC1)C(=O)Nc1cc(C)cc(F)c1. The van der Waals surface area contributed by atoms with E-state index in [9.17, 15) is 9.18 Å². The van der Waals surface area contributed by atoms with E-state index in [-0.39, 0.29) is 11.9 Å². The summed E-state index contributed by atoms with van der Waals surface area (Å²) >= 11 is 0. The lowest BCUT2D eigenvalue weighted by atomic mass is 10.2. The van der Waals surface area contributed by atoms with Crippen LogP contribution in [0.3, 0.4) is 0 Å². The molecule has 0 aliphatic heterocycles. The molecule has 1 aliphatic carbocycles.